The molecule has 2 heteroatoms. The lowest BCUT2D eigenvalue weighted by molar-refractivity contribution is -0.180. The molecule has 1 aliphatic rings. The molecule has 0 aliphatic heterocycles. The third kappa shape index (κ3) is 1.38. The minimum atomic E-state index is -0.0739. The van der Waals surface area contributed by atoms with E-state index < -0.39 is 0 Å². The van der Waals surface area contributed by atoms with E-state index in [1.807, 2.05) is 0 Å². The number of Topliss-reactive ketones (excluding diaryl/α,β-unsaturated/α-hetero) is 1. The predicted molar refractivity (Wildman–Crippen MR) is 68.5 cm³/mol. The highest BCUT2D eigenvalue weighted by atomic mass is 16.1. The molecule has 0 unspecified atom stereocenters. The van der Waals surface area contributed by atoms with Gasteiger partial charge in [0.15, 0.2) is 0 Å². The van der Waals surface area contributed by atoms with Crippen molar-refractivity contribution in [3.63, 3.8) is 0 Å². The second-order valence-corrected chi connectivity index (χ2v) is 5.42. The first kappa shape index (κ1) is 13.7. The van der Waals surface area contributed by atoms with Crippen LogP contribution >= 0.6 is 0 Å². The summed E-state index contributed by atoms with van der Waals surface area (Å²) in [5, 5.41) is 0. The Morgan fingerprint density at radius 3 is 1.44 bits per heavy atom. The van der Waals surface area contributed by atoms with Crippen LogP contribution in [-0.4, -0.2) is 30.8 Å². The number of carbonyl (C=O) groups is 1. The molecule has 0 atom stereocenters. The van der Waals surface area contributed by atoms with Crippen molar-refractivity contribution in [2.45, 2.75) is 59.4 Å². The van der Waals surface area contributed by atoms with Crippen LogP contribution in [0.3, 0.4) is 0 Å². The molecule has 1 fully saturated rings. The van der Waals surface area contributed by atoms with Crippen molar-refractivity contribution in [3.05, 3.63) is 0 Å². The average molecular weight is 225 g/mol. The zero-order valence-electron chi connectivity index (χ0n) is 11.8. The van der Waals surface area contributed by atoms with Crippen molar-refractivity contribution in [2.75, 3.05) is 14.1 Å². The molecule has 0 aromatic rings. The second-order valence-electron chi connectivity index (χ2n) is 5.42. The molecule has 0 aromatic carbocycles. The Morgan fingerprint density at radius 1 is 0.938 bits per heavy atom. The fourth-order valence-corrected chi connectivity index (χ4v) is 4.10. The van der Waals surface area contributed by atoms with E-state index in [9.17, 15) is 4.79 Å². The molecule has 0 heterocycles. The van der Waals surface area contributed by atoms with Crippen LogP contribution in [0.25, 0.3) is 0 Å². The minimum Gasteiger partial charge on any atom is -0.304 e. The summed E-state index contributed by atoms with van der Waals surface area (Å²) in [5.41, 5.74) is -0.148. The van der Waals surface area contributed by atoms with E-state index >= 15 is 0 Å². The van der Waals surface area contributed by atoms with Gasteiger partial charge in [-0.3, -0.25) is 4.79 Å². The fourth-order valence-electron chi connectivity index (χ4n) is 4.10. The number of hydrogen-bond acceptors (Lipinski definition) is 2. The Hall–Kier alpha value is -0.370. The lowest BCUT2D eigenvalue weighted by Crippen LogP contribution is -2.73. The minimum absolute atomic E-state index is 0.0739. The van der Waals surface area contributed by atoms with Gasteiger partial charge < -0.3 is 4.90 Å². The van der Waals surface area contributed by atoms with Gasteiger partial charge in [0.05, 0.1) is 0 Å². The van der Waals surface area contributed by atoms with Gasteiger partial charge in [-0.15, -0.1) is 0 Å². The van der Waals surface area contributed by atoms with Gasteiger partial charge in [-0.25, -0.2) is 0 Å². The number of carbonyl (C=O) groups excluding carboxylic acids is 1. The molecule has 0 saturated heterocycles. The fraction of sp³-hybridized carbons (Fsp3) is 0.929. The van der Waals surface area contributed by atoms with Gasteiger partial charge in [0.2, 0.25) is 0 Å². The van der Waals surface area contributed by atoms with Crippen molar-refractivity contribution < 1.29 is 4.79 Å². The SMILES string of the molecule is CCC1(CC)C(=O)C(CC)(CC)C1N(C)C. The summed E-state index contributed by atoms with van der Waals surface area (Å²) in [6.45, 7) is 8.64. The predicted octanol–water partition coefficient (Wildman–Crippen LogP) is 3.11. The number of hydrogen-bond donors (Lipinski definition) is 0. The highest BCUT2D eigenvalue weighted by Crippen LogP contribution is 2.59. The third-order valence-electron chi connectivity index (χ3n) is 4.99. The Bertz CT molecular complexity index is 240. The molecule has 1 rings (SSSR count). The molecule has 2 nitrogen and oxygen atoms in total. The monoisotopic (exact) mass is 225 g/mol. The van der Waals surface area contributed by atoms with Crippen LogP contribution in [0.5, 0.6) is 0 Å². The Kier molecular flexibility index (Phi) is 3.83. The number of nitrogens with zero attached hydrogens (tertiary/aromatic N) is 1. The molecular weight excluding hydrogens is 198 g/mol. The molecule has 0 N–H and O–H groups in total. The molecule has 0 bridgehead atoms. The first-order valence-corrected chi connectivity index (χ1v) is 6.68. The van der Waals surface area contributed by atoms with Crippen LogP contribution in [-0.2, 0) is 4.79 Å². The topological polar surface area (TPSA) is 20.3 Å². The van der Waals surface area contributed by atoms with E-state index in [0.29, 0.717) is 11.8 Å². The smallest absolute Gasteiger partial charge is 0.148 e. The number of ketones is 1. The normalized spacial score (nSPS) is 23.6. The molecule has 16 heavy (non-hydrogen) atoms. The summed E-state index contributed by atoms with van der Waals surface area (Å²) in [6, 6.07) is 0.428. The summed E-state index contributed by atoms with van der Waals surface area (Å²) in [6.07, 6.45) is 3.92. The van der Waals surface area contributed by atoms with Crippen LogP contribution in [0, 0.1) is 10.8 Å². The van der Waals surface area contributed by atoms with E-state index in [4.69, 9.17) is 0 Å². The molecule has 0 amide bonds. The van der Waals surface area contributed by atoms with E-state index in [1.54, 1.807) is 0 Å². The van der Waals surface area contributed by atoms with Gasteiger partial charge in [0.1, 0.15) is 5.78 Å². The largest absolute Gasteiger partial charge is 0.304 e. The first-order chi connectivity index (χ1) is 7.46. The van der Waals surface area contributed by atoms with Crippen LogP contribution in [0.4, 0.5) is 0 Å². The van der Waals surface area contributed by atoms with Gasteiger partial charge in [-0.05, 0) is 39.8 Å². The lowest BCUT2D eigenvalue weighted by Gasteiger charge is -2.63. The Balaban J connectivity index is 3.15. The maximum absolute atomic E-state index is 12.6. The Morgan fingerprint density at radius 2 is 1.25 bits per heavy atom. The molecule has 0 radical (unpaired) electrons. The molecule has 0 spiro atoms. The van der Waals surface area contributed by atoms with Crippen molar-refractivity contribution in [3.8, 4) is 0 Å². The average Bonchev–Trinajstić information content (AvgIpc) is 2.28. The second kappa shape index (κ2) is 4.48. The third-order valence-corrected chi connectivity index (χ3v) is 4.99. The van der Waals surface area contributed by atoms with Crippen LogP contribution in [0.2, 0.25) is 0 Å². The quantitative estimate of drug-likeness (QED) is 0.716. The molecule has 94 valence electrons. The van der Waals surface area contributed by atoms with Crippen molar-refractivity contribution >= 4 is 5.78 Å². The zero-order chi connectivity index (χ0) is 12.6. The van der Waals surface area contributed by atoms with E-state index in [0.717, 1.165) is 25.7 Å². The van der Waals surface area contributed by atoms with E-state index in [2.05, 4.69) is 46.7 Å². The first-order valence-electron chi connectivity index (χ1n) is 6.68. The van der Waals surface area contributed by atoms with Crippen LogP contribution in [0.15, 0.2) is 0 Å². The van der Waals surface area contributed by atoms with Crippen LogP contribution in [0.1, 0.15) is 53.4 Å². The van der Waals surface area contributed by atoms with E-state index in [1.165, 1.54) is 0 Å². The standard InChI is InChI=1S/C14H27NO/c1-7-13(8-2)11(15(5)6)14(9-3,10-4)12(13)16/h11H,7-10H2,1-6H3. The molecular formula is C14H27NO. The maximum Gasteiger partial charge on any atom is 0.148 e. The van der Waals surface area contributed by atoms with Crippen molar-refractivity contribution in [1.29, 1.82) is 0 Å². The van der Waals surface area contributed by atoms with Crippen LogP contribution < -0.4 is 0 Å². The van der Waals surface area contributed by atoms with Gasteiger partial charge in [0, 0.05) is 16.9 Å². The molecule has 1 aliphatic carbocycles. The Labute approximate surface area is 100 Å². The summed E-state index contributed by atoms with van der Waals surface area (Å²) >= 11 is 0. The zero-order valence-corrected chi connectivity index (χ0v) is 11.8. The van der Waals surface area contributed by atoms with Crippen molar-refractivity contribution in [1.82, 2.24) is 4.90 Å². The highest BCUT2D eigenvalue weighted by molar-refractivity contribution is 5.98. The summed E-state index contributed by atoms with van der Waals surface area (Å²) in [4.78, 5) is 14.9. The summed E-state index contributed by atoms with van der Waals surface area (Å²) in [5.74, 6) is 0.522. The maximum atomic E-state index is 12.6. The van der Waals surface area contributed by atoms with Gasteiger partial charge in [0.25, 0.3) is 0 Å². The summed E-state index contributed by atoms with van der Waals surface area (Å²) < 4.78 is 0. The van der Waals surface area contributed by atoms with Gasteiger partial charge in [-0.1, -0.05) is 27.7 Å². The molecule has 1 saturated carbocycles. The molecule has 0 aromatic heterocycles. The number of rotatable bonds is 5. The van der Waals surface area contributed by atoms with Crippen molar-refractivity contribution in [2.24, 2.45) is 10.8 Å². The van der Waals surface area contributed by atoms with E-state index in [-0.39, 0.29) is 10.8 Å². The van der Waals surface area contributed by atoms with Gasteiger partial charge >= 0.3 is 0 Å². The van der Waals surface area contributed by atoms with Gasteiger partial charge in [-0.2, -0.15) is 0 Å². The lowest BCUT2D eigenvalue weighted by atomic mass is 9.44. The summed E-state index contributed by atoms with van der Waals surface area (Å²) in [7, 11) is 4.24. The highest BCUT2D eigenvalue weighted by Gasteiger charge is 2.67.